The van der Waals surface area contributed by atoms with Gasteiger partial charge in [-0.3, -0.25) is 4.98 Å². The van der Waals surface area contributed by atoms with Crippen LogP contribution in [0.4, 0.5) is 4.79 Å². The molecular formula is C29H35N5O4S. The van der Waals surface area contributed by atoms with Crippen molar-refractivity contribution in [2.75, 3.05) is 6.61 Å². The largest absolute Gasteiger partial charge is 0.448 e. The number of amides is 1. The summed E-state index contributed by atoms with van der Waals surface area (Å²) in [6.45, 7) is 6.18. The van der Waals surface area contributed by atoms with E-state index in [9.17, 15) is 13.2 Å². The molecule has 2 heterocycles. The molecule has 0 saturated carbocycles. The van der Waals surface area contributed by atoms with Gasteiger partial charge in [0.05, 0.1) is 22.1 Å². The second kappa shape index (κ2) is 12.4. The Labute approximate surface area is 229 Å². The predicted octanol–water partition coefficient (Wildman–Crippen LogP) is 4.49. The second-order valence-electron chi connectivity index (χ2n) is 10.0. The van der Waals surface area contributed by atoms with E-state index < -0.39 is 22.2 Å². The van der Waals surface area contributed by atoms with E-state index in [0.717, 1.165) is 33.7 Å². The fourth-order valence-corrected chi connectivity index (χ4v) is 5.64. The Morgan fingerprint density at radius 1 is 1.03 bits per heavy atom. The third-order valence-electron chi connectivity index (χ3n) is 6.48. The summed E-state index contributed by atoms with van der Waals surface area (Å²) >= 11 is 0. The average Bonchev–Trinajstić information content (AvgIpc) is 3.20. The molecule has 0 saturated heterocycles. The van der Waals surface area contributed by atoms with Crippen LogP contribution in [0.5, 0.6) is 0 Å². The van der Waals surface area contributed by atoms with Crippen LogP contribution in [0.15, 0.2) is 71.8 Å². The number of alkyl carbamates (subject to hydrolysis) is 1. The highest BCUT2D eigenvalue weighted by atomic mass is 32.2. The summed E-state index contributed by atoms with van der Waals surface area (Å²) in [5.41, 5.74) is 4.56. The molecule has 2 aromatic carbocycles. The lowest BCUT2D eigenvalue weighted by atomic mass is 10.1. The molecule has 0 spiro atoms. The summed E-state index contributed by atoms with van der Waals surface area (Å²) in [6.07, 6.45) is 2.22. The zero-order chi connectivity index (χ0) is 28.0. The van der Waals surface area contributed by atoms with Crippen molar-refractivity contribution in [1.82, 2.24) is 24.6 Å². The number of ether oxygens (including phenoxy) is 1. The molecule has 4 aromatic rings. The maximum absolute atomic E-state index is 13.2. The van der Waals surface area contributed by atoms with Gasteiger partial charge in [0, 0.05) is 26.2 Å². The topological polar surface area (TPSA) is 115 Å². The quantitative estimate of drug-likeness (QED) is 0.285. The number of benzene rings is 2. The van der Waals surface area contributed by atoms with E-state index in [4.69, 9.17) is 4.74 Å². The van der Waals surface area contributed by atoms with Crippen LogP contribution in [-0.2, 0) is 34.8 Å². The van der Waals surface area contributed by atoms with Crippen LogP contribution in [-0.4, -0.2) is 41.7 Å². The van der Waals surface area contributed by atoms with Gasteiger partial charge in [-0.2, -0.15) is 0 Å². The number of aryl methyl sites for hydroxylation is 2. The fraction of sp³-hybridized carbons (Fsp3) is 0.345. The number of imidazole rings is 1. The van der Waals surface area contributed by atoms with E-state index in [1.165, 1.54) is 0 Å². The van der Waals surface area contributed by atoms with Gasteiger partial charge in [0.1, 0.15) is 17.9 Å². The maximum atomic E-state index is 13.2. The van der Waals surface area contributed by atoms with Gasteiger partial charge in [-0.15, -0.1) is 0 Å². The lowest BCUT2D eigenvalue weighted by molar-refractivity contribution is 0.132. The second-order valence-corrected chi connectivity index (χ2v) is 11.8. The van der Waals surface area contributed by atoms with Gasteiger partial charge >= 0.3 is 6.09 Å². The van der Waals surface area contributed by atoms with Crippen LogP contribution in [0.25, 0.3) is 11.0 Å². The Balaban J connectivity index is 1.39. The number of nitrogens with one attached hydrogen (secondary N) is 2. The number of sulfonamides is 1. The minimum Gasteiger partial charge on any atom is -0.448 e. The first-order chi connectivity index (χ1) is 18.6. The SMILES string of the molecule is Cc1nc2c(Cc3ccc(S(=O)(=O)N[C@H](COC(=O)NCc4ccccc4)CC(C)C)cc3)nccc2n1C. The Kier molecular flexibility index (Phi) is 8.98. The van der Waals surface area contributed by atoms with Crippen LogP contribution in [0, 0.1) is 12.8 Å². The van der Waals surface area contributed by atoms with Crippen molar-refractivity contribution in [1.29, 1.82) is 0 Å². The number of carbonyl (C=O) groups excluding carboxylic acids is 1. The van der Waals surface area contributed by atoms with E-state index in [1.807, 2.05) is 68.8 Å². The van der Waals surface area contributed by atoms with E-state index >= 15 is 0 Å². The van der Waals surface area contributed by atoms with Crippen molar-refractivity contribution in [3.05, 3.63) is 89.5 Å². The molecule has 1 atom stereocenters. The molecule has 9 nitrogen and oxygen atoms in total. The van der Waals surface area contributed by atoms with Gasteiger partial charge in [-0.1, -0.05) is 56.3 Å². The molecule has 0 radical (unpaired) electrons. The van der Waals surface area contributed by atoms with Gasteiger partial charge in [-0.25, -0.2) is 22.9 Å². The van der Waals surface area contributed by atoms with Gasteiger partial charge in [0.25, 0.3) is 0 Å². The van der Waals surface area contributed by atoms with Crippen molar-refractivity contribution in [3.63, 3.8) is 0 Å². The number of fused-ring (bicyclic) bond motifs is 1. The monoisotopic (exact) mass is 549 g/mol. The van der Waals surface area contributed by atoms with Crippen molar-refractivity contribution >= 4 is 27.1 Å². The zero-order valence-electron chi connectivity index (χ0n) is 22.7. The Morgan fingerprint density at radius 2 is 1.74 bits per heavy atom. The average molecular weight is 550 g/mol. The molecule has 0 bridgehead atoms. The lowest BCUT2D eigenvalue weighted by Crippen LogP contribution is -2.40. The summed E-state index contributed by atoms with van der Waals surface area (Å²) in [7, 11) is -1.86. The standard InChI is InChI=1S/C29H35N5O4S/c1-20(2)16-24(19-38-29(35)31-18-23-8-6-5-7-9-23)33-39(36,37)25-12-10-22(11-13-25)17-26-28-27(14-15-30-26)34(4)21(3)32-28/h5-15,20,24,33H,16-19H2,1-4H3,(H,31,35)/t24-/m0/s1. The number of hydrogen-bond acceptors (Lipinski definition) is 6. The number of carbonyl (C=O) groups is 1. The summed E-state index contributed by atoms with van der Waals surface area (Å²) in [6, 6.07) is 17.6. The molecule has 2 N–H and O–H groups in total. The summed E-state index contributed by atoms with van der Waals surface area (Å²) in [4.78, 5) is 21.5. The molecule has 39 heavy (non-hydrogen) atoms. The molecule has 2 aromatic heterocycles. The van der Waals surface area contributed by atoms with Crippen LogP contribution in [0.3, 0.4) is 0 Å². The van der Waals surface area contributed by atoms with Crippen molar-refractivity contribution in [2.24, 2.45) is 13.0 Å². The first-order valence-corrected chi connectivity index (χ1v) is 14.4. The van der Waals surface area contributed by atoms with Crippen LogP contribution >= 0.6 is 0 Å². The van der Waals surface area contributed by atoms with Crippen molar-refractivity contribution in [3.8, 4) is 0 Å². The molecule has 206 valence electrons. The van der Waals surface area contributed by atoms with Crippen LogP contribution in [0.2, 0.25) is 0 Å². The summed E-state index contributed by atoms with van der Waals surface area (Å²) in [5, 5.41) is 2.69. The first kappa shape index (κ1) is 28.3. The summed E-state index contributed by atoms with van der Waals surface area (Å²) < 4.78 is 36.4. The molecular weight excluding hydrogens is 514 g/mol. The highest BCUT2D eigenvalue weighted by Gasteiger charge is 2.23. The molecule has 0 aliphatic heterocycles. The molecule has 1 amide bonds. The van der Waals surface area contributed by atoms with Crippen molar-refractivity contribution in [2.45, 2.75) is 51.1 Å². The minimum absolute atomic E-state index is 0.0741. The smallest absolute Gasteiger partial charge is 0.407 e. The third-order valence-corrected chi connectivity index (χ3v) is 8.01. The minimum atomic E-state index is -3.83. The number of pyridine rings is 1. The Bertz CT molecular complexity index is 1520. The number of nitrogens with zero attached hydrogens (tertiary/aromatic N) is 3. The molecule has 0 aliphatic carbocycles. The molecule has 4 rings (SSSR count). The molecule has 0 unspecified atom stereocenters. The normalized spacial score (nSPS) is 12.5. The molecule has 10 heteroatoms. The van der Waals surface area contributed by atoms with Gasteiger partial charge in [-0.05, 0) is 48.6 Å². The third kappa shape index (κ3) is 7.42. The van der Waals surface area contributed by atoms with Gasteiger partial charge in [0.2, 0.25) is 10.0 Å². The first-order valence-electron chi connectivity index (χ1n) is 12.9. The number of hydrogen-bond donors (Lipinski definition) is 2. The van der Waals surface area contributed by atoms with E-state index in [1.54, 1.807) is 30.5 Å². The van der Waals surface area contributed by atoms with Gasteiger partial charge < -0.3 is 14.6 Å². The van der Waals surface area contributed by atoms with E-state index in [2.05, 4.69) is 20.0 Å². The summed E-state index contributed by atoms with van der Waals surface area (Å²) in [5.74, 6) is 1.10. The van der Waals surface area contributed by atoms with Gasteiger partial charge in [0.15, 0.2) is 0 Å². The number of rotatable bonds is 11. The fourth-order valence-electron chi connectivity index (χ4n) is 4.40. The highest BCUT2D eigenvalue weighted by Crippen LogP contribution is 2.21. The Hall–Kier alpha value is -3.76. The van der Waals surface area contributed by atoms with E-state index in [-0.39, 0.29) is 17.4 Å². The maximum Gasteiger partial charge on any atom is 0.407 e. The van der Waals surface area contributed by atoms with Crippen LogP contribution < -0.4 is 10.0 Å². The molecule has 0 aliphatic rings. The molecule has 0 fully saturated rings. The van der Waals surface area contributed by atoms with E-state index in [0.29, 0.717) is 19.4 Å². The predicted molar refractivity (Wildman–Crippen MR) is 151 cm³/mol. The van der Waals surface area contributed by atoms with Crippen molar-refractivity contribution < 1.29 is 17.9 Å². The lowest BCUT2D eigenvalue weighted by Gasteiger charge is -2.21. The zero-order valence-corrected chi connectivity index (χ0v) is 23.5. The highest BCUT2D eigenvalue weighted by molar-refractivity contribution is 7.89. The van der Waals surface area contributed by atoms with Crippen LogP contribution in [0.1, 0.15) is 42.9 Å². The number of aromatic nitrogens is 3. The Morgan fingerprint density at radius 3 is 2.44 bits per heavy atom.